The molecule has 3 atom stereocenters. The summed E-state index contributed by atoms with van der Waals surface area (Å²) in [7, 11) is 1.83. The van der Waals surface area contributed by atoms with Gasteiger partial charge in [-0.2, -0.15) is 0 Å². The average molecular weight is 389 g/mol. The number of hydrogen-bond acceptors (Lipinski definition) is 3. The van der Waals surface area contributed by atoms with Gasteiger partial charge in [0.2, 0.25) is 5.91 Å². The average Bonchev–Trinajstić information content (AvgIpc) is 3.35. The number of para-hydroxylation sites is 2. The number of benzene rings is 2. The van der Waals surface area contributed by atoms with Crippen LogP contribution in [0, 0.1) is 19.8 Å². The highest BCUT2D eigenvalue weighted by Crippen LogP contribution is 2.56. The van der Waals surface area contributed by atoms with E-state index in [-0.39, 0.29) is 17.9 Å². The van der Waals surface area contributed by atoms with E-state index in [4.69, 9.17) is 0 Å². The van der Waals surface area contributed by atoms with E-state index in [0.29, 0.717) is 0 Å². The van der Waals surface area contributed by atoms with Crippen LogP contribution in [0.4, 0.5) is 11.4 Å². The highest BCUT2D eigenvalue weighted by Gasteiger charge is 2.66. The number of hydrogen-bond donors (Lipinski definition) is 1. The lowest BCUT2D eigenvalue weighted by atomic mass is 9.78. The van der Waals surface area contributed by atoms with Gasteiger partial charge < -0.3 is 10.2 Å². The molecule has 5 nitrogen and oxygen atoms in total. The second-order valence-electron chi connectivity index (χ2n) is 8.68. The van der Waals surface area contributed by atoms with E-state index in [1.54, 1.807) is 4.90 Å². The third kappa shape index (κ3) is 2.37. The zero-order valence-corrected chi connectivity index (χ0v) is 17.2. The van der Waals surface area contributed by atoms with E-state index < -0.39 is 11.5 Å². The largest absolute Gasteiger partial charge is 0.325 e. The minimum atomic E-state index is -0.882. The van der Waals surface area contributed by atoms with Gasteiger partial charge in [-0.25, -0.2) is 0 Å². The van der Waals surface area contributed by atoms with Gasteiger partial charge in [-0.05, 0) is 56.8 Å². The van der Waals surface area contributed by atoms with Gasteiger partial charge in [0, 0.05) is 30.0 Å². The first-order valence-corrected chi connectivity index (χ1v) is 10.5. The second kappa shape index (κ2) is 6.42. The number of nitrogens with zero attached hydrogens (tertiary/aromatic N) is 2. The number of rotatable bonds is 2. The van der Waals surface area contributed by atoms with Crippen molar-refractivity contribution in [3.63, 3.8) is 0 Å². The first kappa shape index (κ1) is 18.4. The summed E-state index contributed by atoms with van der Waals surface area (Å²) in [6.07, 6.45) is 2.86. The minimum Gasteiger partial charge on any atom is -0.325 e. The molecule has 0 aromatic heterocycles. The van der Waals surface area contributed by atoms with Crippen LogP contribution in [-0.4, -0.2) is 36.3 Å². The summed E-state index contributed by atoms with van der Waals surface area (Å²) in [5.41, 5.74) is 3.98. The van der Waals surface area contributed by atoms with E-state index >= 15 is 0 Å². The van der Waals surface area contributed by atoms with Crippen molar-refractivity contribution < 1.29 is 9.59 Å². The normalized spacial score (nSPS) is 28.1. The van der Waals surface area contributed by atoms with E-state index in [1.807, 2.05) is 63.4 Å². The number of likely N-dealkylation sites (N-methyl/N-ethyl adjacent to an activating group) is 1. The Morgan fingerprint density at radius 3 is 2.59 bits per heavy atom. The third-order valence-electron chi connectivity index (χ3n) is 7.19. The standard InChI is InChI=1S/C24H27N3O2/c1-15-8-6-9-16(2)21(15)25-22(28)19-14-17-10-7-13-27(17)24(19)18-11-4-5-12-20(18)26(3)23(24)29/h4-6,8-9,11-12,17,19H,7,10,13-14H2,1-3H3,(H,25,28). The zero-order chi connectivity index (χ0) is 20.3. The van der Waals surface area contributed by atoms with Gasteiger partial charge in [0.1, 0.15) is 5.54 Å². The predicted molar refractivity (Wildman–Crippen MR) is 114 cm³/mol. The Labute approximate surface area is 171 Å². The molecule has 3 aliphatic heterocycles. The van der Waals surface area contributed by atoms with Crippen molar-refractivity contribution in [2.75, 3.05) is 23.8 Å². The van der Waals surface area contributed by atoms with Crippen LogP contribution in [0.2, 0.25) is 0 Å². The number of fused-ring (bicyclic) bond motifs is 4. The summed E-state index contributed by atoms with van der Waals surface area (Å²) < 4.78 is 0. The highest BCUT2D eigenvalue weighted by atomic mass is 16.2. The van der Waals surface area contributed by atoms with Gasteiger partial charge in [0.25, 0.3) is 5.91 Å². The fourth-order valence-corrected chi connectivity index (χ4v) is 5.89. The predicted octanol–water partition coefficient (Wildman–Crippen LogP) is 3.60. The van der Waals surface area contributed by atoms with Crippen LogP contribution in [0.3, 0.4) is 0 Å². The summed E-state index contributed by atoms with van der Waals surface area (Å²) in [5, 5.41) is 3.19. The van der Waals surface area contributed by atoms with Crippen molar-refractivity contribution in [1.29, 1.82) is 0 Å². The van der Waals surface area contributed by atoms with Gasteiger partial charge >= 0.3 is 0 Å². The molecule has 2 saturated heterocycles. The van der Waals surface area contributed by atoms with Crippen molar-refractivity contribution in [3.8, 4) is 0 Å². The van der Waals surface area contributed by atoms with Crippen LogP contribution >= 0.6 is 0 Å². The lowest BCUT2D eigenvalue weighted by Gasteiger charge is -2.37. The number of nitrogens with one attached hydrogen (secondary N) is 1. The molecular weight excluding hydrogens is 362 g/mol. The van der Waals surface area contributed by atoms with Crippen molar-refractivity contribution in [1.82, 2.24) is 4.90 Å². The molecule has 2 aromatic carbocycles. The van der Waals surface area contributed by atoms with Gasteiger partial charge in [-0.3, -0.25) is 14.5 Å². The lowest BCUT2D eigenvalue weighted by Crippen LogP contribution is -2.55. The number of carbonyl (C=O) groups is 2. The Morgan fingerprint density at radius 2 is 1.83 bits per heavy atom. The maximum Gasteiger partial charge on any atom is 0.252 e. The number of amides is 2. The highest BCUT2D eigenvalue weighted by molar-refractivity contribution is 6.12. The molecule has 3 aliphatic rings. The molecule has 1 spiro atoms. The molecule has 29 heavy (non-hydrogen) atoms. The molecule has 1 N–H and O–H groups in total. The van der Waals surface area contributed by atoms with Crippen LogP contribution in [0.5, 0.6) is 0 Å². The summed E-state index contributed by atoms with van der Waals surface area (Å²) in [6.45, 7) is 4.88. The third-order valence-corrected chi connectivity index (χ3v) is 7.19. The Kier molecular flexibility index (Phi) is 4.07. The van der Waals surface area contributed by atoms with Gasteiger partial charge in [-0.15, -0.1) is 0 Å². The summed E-state index contributed by atoms with van der Waals surface area (Å²) in [5.74, 6) is -0.412. The molecule has 150 valence electrons. The Bertz CT molecular complexity index is 997. The molecular formula is C24H27N3O2. The quantitative estimate of drug-likeness (QED) is 0.854. The maximum absolute atomic E-state index is 13.7. The molecule has 0 aliphatic carbocycles. The first-order chi connectivity index (χ1) is 14.0. The fraction of sp³-hybridized carbons (Fsp3) is 0.417. The molecule has 2 aromatic rings. The molecule has 2 amide bonds. The van der Waals surface area contributed by atoms with Crippen molar-refractivity contribution in [2.24, 2.45) is 5.92 Å². The van der Waals surface area contributed by atoms with Gasteiger partial charge in [0.05, 0.1) is 5.92 Å². The van der Waals surface area contributed by atoms with Crippen LogP contribution < -0.4 is 10.2 Å². The molecule has 3 unspecified atom stereocenters. The number of aryl methyl sites for hydroxylation is 2. The zero-order valence-electron chi connectivity index (χ0n) is 17.2. The first-order valence-electron chi connectivity index (χ1n) is 10.5. The maximum atomic E-state index is 13.7. The molecule has 2 fully saturated rings. The van der Waals surface area contributed by atoms with E-state index in [2.05, 4.69) is 10.2 Å². The topological polar surface area (TPSA) is 52.7 Å². The molecule has 5 rings (SSSR count). The van der Waals surface area contributed by atoms with Crippen LogP contribution in [0.25, 0.3) is 0 Å². The van der Waals surface area contributed by atoms with Crippen molar-refractivity contribution >= 4 is 23.2 Å². The van der Waals surface area contributed by atoms with Gasteiger partial charge in [-0.1, -0.05) is 36.4 Å². The Balaban J connectivity index is 1.62. The molecule has 5 heteroatoms. The molecule has 3 heterocycles. The molecule has 0 bridgehead atoms. The van der Waals surface area contributed by atoms with E-state index in [1.165, 1.54) is 0 Å². The Morgan fingerprint density at radius 1 is 1.10 bits per heavy atom. The fourth-order valence-electron chi connectivity index (χ4n) is 5.89. The number of anilines is 2. The summed E-state index contributed by atoms with van der Waals surface area (Å²) in [6, 6.07) is 14.3. The van der Waals surface area contributed by atoms with Crippen molar-refractivity contribution in [2.45, 2.75) is 44.7 Å². The Hall–Kier alpha value is -2.66. The van der Waals surface area contributed by atoms with E-state index in [0.717, 1.165) is 53.9 Å². The molecule has 0 radical (unpaired) electrons. The van der Waals surface area contributed by atoms with Gasteiger partial charge in [0.15, 0.2) is 0 Å². The molecule has 0 saturated carbocycles. The van der Waals surface area contributed by atoms with Crippen LogP contribution in [0.15, 0.2) is 42.5 Å². The summed E-state index contributed by atoms with van der Waals surface area (Å²) in [4.78, 5) is 31.5. The minimum absolute atomic E-state index is 0.0322. The summed E-state index contributed by atoms with van der Waals surface area (Å²) >= 11 is 0. The lowest BCUT2D eigenvalue weighted by molar-refractivity contribution is -0.136. The number of carbonyl (C=O) groups excluding carboxylic acids is 2. The monoisotopic (exact) mass is 389 g/mol. The van der Waals surface area contributed by atoms with Crippen molar-refractivity contribution in [3.05, 3.63) is 59.2 Å². The van der Waals surface area contributed by atoms with Crippen LogP contribution in [0.1, 0.15) is 36.0 Å². The smallest absolute Gasteiger partial charge is 0.252 e. The van der Waals surface area contributed by atoms with Crippen LogP contribution in [-0.2, 0) is 15.1 Å². The second-order valence-corrected chi connectivity index (χ2v) is 8.68. The SMILES string of the molecule is Cc1cccc(C)c1NC(=O)C1CC2CCCN2C12C(=O)N(C)c1ccccc12. The van der Waals surface area contributed by atoms with E-state index in [9.17, 15) is 9.59 Å².